The third-order valence-corrected chi connectivity index (χ3v) is 2.97. The zero-order valence-electron chi connectivity index (χ0n) is 10.8. The minimum atomic E-state index is -0.0948. The number of hydrogen-bond acceptors (Lipinski definition) is 3. The van der Waals surface area contributed by atoms with Gasteiger partial charge in [0, 0.05) is 12.2 Å². The number of amides is 1. The van der Waals surface area contributed by atoms with Crippen molar-refractivity contribution in [1.29, 1.82) is 0 Å². The summed E-state index contributed by atoms with van der Waals surface area (Å²) in [6, 6.07) is 5.80. The molecule has 4 heteroatoms. The molecular weight excluding hydrogens is 228 g/mol. The molecule has 0 bridgehead atoms. The highest BCUT2D eigenvalue weighted by atomic mass is 16.5. The van der Waals surface area contributed by atoms with E-state index in [0.29, 0.717) is 0 Å². The highest BCUT2D eigenvalue weighted by Gasteiger charge is 2.15. The van der Waals surface area contributed by atoms with Crippen LogP contribution in [0.15, 0.2) is 18.2 Å². The van der Waals surface area contributed by atoms with Gasteiger partial charge in [0.2, 0.25) is 0 Å². The van der Waals surface area contributed by atoms with Crippen LogP contribution >= 0.6 is 0 Å². The standard InChI is InChI=1S/C14H20N2O2/c1-2-3-4-5-8-15-11-6-7-13-12(9-11)16-14(17)10-18-13/h6-7,9,15H,2-5,8,10H2,1H3,(H,16,17). The zero-order chi connectivity index (χ0) is 12.8. The van der Waals surface area contributed by atoms with Crippen molar-refractivity contribution in [3.8, 4) is 5.75 Å². The molecule has 18 heavy (non-hydrogen) atoms. The first-order valence-corrected chi connectivity index (χ1v) is 6.60. The van der Waals surface area contributed by atoms with Gasteiger partial charge in [-0.3, -0.25) is 4.79 Å². The molecule has 1 aromatic carbocycles. The summed E-state index contributed by atoms with van der Waals surface area (Å²) < 4.78 is 5.31. The number of carbonyl (C=O) groups is 1. The van der Waals surface area contributed by atoms with Gasteiger partial charge in [0.25, 0.3) is 5.91 Å². The molecule has 0 fully saturated rings. The lowest BCUT2D eigenvalue weighted by Crippen LogP contribution is -2.25. The molecule has 1 aromatic rings. The maximum Gasteiger partial charge on any atom is 0.262 e. The van der Waals surface area contributed by atoms with Crippen LogP contribution in [0.2, 0.25) is 0 Å². The lowest BCUT2D eigenvalue weighted by molar-refractivity contribution is -0.118. The van der Waals surface area contributed by atoms with Crippen LogP contribution in [-0.2, 0) is 4.79 Å². The number of nitrogens with one attached hydrogen (secondary N) is 2. The van der Waals surface area contributed by atoms with Gasteiger partial charge in [-0.25, -0.2) is 0 Å². The van der Waals surface area contributed by atoms with Gasteiger partial charge in [0.05, 0.1) is 5.69 Å². The minimum absolute atomic E-state index is 0.0948. The average molecular weight is 248 g/mol. The van der Waals surface area contributed by atoms with E-state index in [2.05, 4.69) is 17.6 Å². The Morgan fingerprint density at radius 2 is 2.22 bits per heavy atom. The second kappa shape index (κ2) is 6.28. The predicted molar refractivity (Wildman–Crippen MR) is 73.2 cm³/mol. The molecule has 2 N–H and O–H groups in total. The fraction of sp³-hybridized carbons (Fsp3) is 0.500. The number of benzene rings is 1. The summed E-state index contributed by atoms with van der Waals surface area (Å²) in [6.07, 6.45) is 4.97. The number of carbonyl (C=O) groups excluding carboxylic acids is 1. The second-order valence-electron chi connectivity index (χ2n) is 4.54. The summed E-state index contributed by atoms with van der Waals surface area (Å²) in [7, 11) is 0. The van der Waals surface area contributed by atoms with E-state index in [9.17, 15) is 4.79 Å². The van der Waals surface area contributed by atoms with E-state index in [-0.39, 0.29) is 12.5 Å². The van der Waals surface area contributed by atoms with Crippen LogP contribution < -0.4 is 15.4 Å². The molecule has 1 aliphatic rings. The summed E-state index contributed by atoms with van der Waals surface area (Å²) in [5.41, 5.74) is 1.78. The molecule has 0 saturated heterocycles. The monoisotopic (exact) mass is 248 g/mol. The fourth-order valence-electron chi connectivity index (χ4n) is 1.98. The Kier molecular flexibility index (Phi) is 4.45. The molecule has 0 radical (unpaired) electrons. The quantitative estimate of drug-likeness (QED) is 0.761. The average Bonchev–Trinajstić information content (AvgIpc) is 2.38. The van der Waals surface area contributed by atoms with Crippen molar-refractivity contribution in [2.75, 3.05) is 23.8 Å². The van der Waals surface area contributed by atoms with Crippen molar-refractivity contribution in [3.05, 3.63) is 18.2 Å². The summed E-state index contributed by atoms with van der Waals surface area (Å²) in [6.45, 7) is 3.28. The fourth-order valence-corrected chi connectivity index (χ4v) is 1.98. The van der Waals surface area contributed by atoms with E-state index in [4.69, 9.17) is 4.74 Å². The lowest BCUT2D eigenvalue weighted by Gasteiger charge is -2.18. The van der Waals surface area contributed by atoms with Crippen molar-refractivity contribution in [2.45, 2.75) is 32.6 Å². The van der Waals surface area contributed by atoms with Gasteiger partial charge in [-0.1, -0.05) is 26.2 Å². The smallest absolute Gasteiger partial charge is 0.262 e. The maximum absolute atomic E-state index is 11.2. The second-order valence-corrected chi connectivity index (χ2v) is 4.54. The topological polar surface area (TPSA) is 50.4 Å². The van der Waals surface area contributed by atoms with Gasteiger partial charge >= 0.3 is 0 Å². The Morgan fingerprint density at radius 1 is 1.33 bits per heavy atom. The third-order valence-electron chi connectivity index (χ3n) is 2.97. The van der Waals surface area contributed by atoms with E-state index in [1.165, 1.54) is 25.7 Å². The van der Waals surface area contributed by atoms with Crippen LogP contribution in [0.25, 0.3) is 0 Å². The molecule has 0 saturated carbocycles. The molecule has 1 amide bonds. The molecule has 0 aromatic heterocycles. The van der Waals surface area contributed by atoms with Crippen molar-refractivity contribution >= 4 is 17.3 Å². The zero-order valence-corrected chi connectivity index (χ0v) is 10.8. The summed E-state index contributed by atoms with van der Waals surface area (Å²) in [4.78, 5) is 11.2. The van der Waals surface area contributed by atoms with E-state index in [1.54, 1.807) is 0 Å². The molecule has 0 unspecified atom stereocenters. The van der Waals surface area contributed by atoms with Crippen molar-refractivity contribution in [3.63, 3.8) is 0 Å². The normalized spacial score (nSPS) is 13.5. The van der Waals surface area contributed by atoms with E-state index in [0.717, 1.165) is 23.7 Å². The van der Waals surface area contributed by atoms with Crippen molar-refractivity contribution < 1.29 is 9.53 Å². The molecule has 0 aliphatic carbocycles. The maximum atomic E-state index is 11.2. The molecule has 4 nitrogen and oxygen atoms in total. The number of anilines is 2. The first kappa shape index (κ1) is 12.7. The predicted octanol–water partition coefficient (Wildman–Crippen LogP) is 3.01. The number of unbranched alkanes of at least 4 members (excludes halogenated alkanes) is 3. The first-order valence-electron chi connectivity index (χ1n) is 6.60. The Balaban J connectivity index is 1.86. The van der Waals surface area contributed by atoms with Gasteiger partial charge in [-0.05, 0) is 24.6 Å². The Hall–Kier alpha value is -1.71. The van der Waals surface area contributed by atoms with Crippen LogP contribution in [0.4, 0.5) is 11.4 Å². The Morgan fingerprint density at radius 3 is 3.06 bits per heavy atom. The summed E-state index contributed by atoms with van der Waals surface area (Å²) >= 11 is 0. The number of hydrogen-bond donors (Lipinski definition) is 2. The molecule has 98 valence electrons. The summed E-state index contributed by atoms with van der Waals surface area (Å²) in [5.74, 6) is 0.647. The molecule has 0 atom stereocenters. The van der Waals surface area contributed by atoms with Gasteiger partial charge in [0.15, 0.2) is 6.61 Å². The van der Waals surface area contributed by atoms with Crippen LogP contribution in [0.3, 0.4) is 0 Å². The number of fused-ring (bicyclic) bond motifs is 1. The number of ether oxygens (including phenoxy) is 1. The SMILES string of the molecule is CCCCCCNc1ccc2c(c1)NC(=O)CO2. The van der Waals surface area contributed by atoms with Crippen LogP contribution in [-0.4, -0.2) is 19.1 Å². The minimum Gasteiger partial charge on any atom is -0.482 e. The highest BCUT2D eigenvalue weighted by molar-refractivity contribution is 5.95. The van der Waals surface area contributed by atoms with Crippen LogP contribution in [0, 0.1) is 0 Å². The van der Waals surface area contributed by atoms with E-state index in [1.807, 2.05) is 18.2 Å². The van der Waals surface area contributed by atoms with Gasteiger partial charge < -0.3 is 15.4 Å². The van der Waals surface area contributed by atoms with Crippen molar-refractivity contribution in [2.24, 2.45) is 0 Å². The Labute approximate surface area is 108 Å². The molecular formula is C14H20N2O2. The first-order chi connectivity index (χ1) is 8.79. The molecule has 0 spiro atoms. The molecule has 1 heterocycles. The largest absolute Gasteiger partial charge is 0.482 e. The van der Waals surface area contributed by atoms with Crippen LogP contribution in [0.1, 0.15) is 32.6 Å². The van der Waals surface area contributed by atoms with Gasteiger partial charge in [0.1, 0.15) is 5.75 Å². The highest BCUT2D eigenvalue weighted by Crippen LogP contribution is 2.30. The third kappa shape index (κ3) is 3.39. The molecule has 2 rings (SSSR count). The lowest BCUT2D eigenvalue weighted by atomic mass is 10.2. The van der Waals surface area contributed by atoms with Crippen LogP contribution in [0.5, 0.6) is 5.75 Å². The van der Waals surface area contributed by atoms with E-state index >= 15 is 0 Å². The van der Waals surface area contributed by atoms with Gasteiger partial charge in [-0.2, -0.15) is 0 Å². The summed E-state index contributed by atoms with van der Waals surface area (Å²) in [5, 5.41) is 6.17. The number of rotatable bonds is 6. The van der Waals surface area contributed by atoms with E-state index < -0.39 is 0 Å². The Bertz CT molecular complexity index is 418. The van der Waals surface area contributed by atoms with Gasteiger partial charge in [-0.15, -0.1) is 0 Å². The molecule has 1 aliphatic heterocycles. The van der Waals surface area contributed by atoms with Crippen molar-refractivity contribution in [1.82, 2.24) is 0 Å².